The van der Waals surface area contributed by atoms with Gasteiger partial charge in [0.2, 0.25) is 5.91 Å². The van der Waals surface area contributed by atoms with E-state index in [0.29, 0.717) is 18.2 Å². The summed E-state index contributed by atoms with van der Waals surface area (Å²) in [5, 5.41) is 3.13. The number of nitrogens with zero attached hydrogens (tertiary/aromatic N) is 4. The third kappa shape index (κ3) is 4.28. The maximum atomic E-state index is 11.9. The van der Waals surface area contributed by atoms with E-state index in [9.17, 15) is 4.79 Å². The molecule has 0 aromatic carbocycles. The van der Waals surface area contributed by atoms with Crippen molar-refractivity contribution in [2.45, 2.75) is 32.6 Å². The highest BCUT2D eigenvalue weighted by Crippen LogP contribution is 2.21. The molecule has 1 aliphatic heterocycles. The van der Waals surface area contributed by atoms with Gasteiger partial charge in [-0.2, -0.15) is 0 Å². The number of likely N-dealkylation sites (tertiary alicyclic amines) is 1. The first-order valence-electron chi connectivity index (χ1n) is 8.51. The molecular weight excluding hydrogens is 302 g/mol. The van der Waals surface area contributed by atoms with Crippen LogP contribution in [0.15, 0.2) is 36.8 Å². The van der Waals surface area contributed by atoms with Crippen LogP contribution in [0.3, 0.4) is 0 Å². The summed E-state index contributed by atoms with van der Waals surface area (Å²) in [5.74, 6) is 2.16. The van der Waals surface area contributed by atoms with Crippen LogP contribution >= 0.6 is 0 Å². The molecule has 1 saturated heterocycles. The van der Waals surface area contributed by atoms with Crippen molar-refractivity contribution < 1.29 is 4.79 Å². The summed E-state index contributed by atoms with van der Waals surface area (Å²) >= 11 is 0. The summed E-state index contributed by atoms with van der Waals surface area (Å²) < 4.78 is 0. The highest BCUT2D eigenvalue weighted by Gasteiger charge is 2.23. The summed E-state index contributed by atoms with van der Waals surface area (Å²) in [4.78, 5) is 27.0. The van der Waals surface area contributed by atoms with Crippen LogP contribution in [0.25, 0.3) is 0 Å². The molecule has 126 valence electrons. The zero-order chi connectivity index (χ0) is 16.8. The van der Waals surface area contributed by atoms with Crippen molar-refractivity contribution in [3.8, 4) is 0 Å². The summed E-state index contributed by atoms with van der Waals surface area (Å²) in [5.41, 5.74) is 0.970. The molecular formula is C18H23N5O. The number of anilines is 2. The SMILES string of the molecule is CCC(=O)N1CCCC(Cc2cnc(Nc3ccccn3)cn2)C1. The molecule has 1 N–H and O–H groups in total. The summed E-state index contributed by atoms with van der Waals surface area (Å²) in [6, 6.07) is 5.68. The Bertz CT molecular complexity index is 659. The Morgan fingerprint density at radius 3 is 2.88 bits per heavy atom. The van der Waals surface area contributed by atoms with Gasteiger partial charge in [0.05, 0.1) is 18.1 Å². The molecule has 0 radical (unpaired) electrons. The van der Waals surface area contributed by atoms with E-state index >= 15 is 0 Å². The van der Waals surface area contributed by atoms with Gasteiger partial charge < -0.3 is 10.2 Å². The highest BCUT2D eigenvalue weighted by molar-refractivity contribution is 5.75. The number of carbonyl (C=O) groups is 1. The van der Waals surface area contributed by atoms with Crippen LogP contribution in [0.2, 0.25) is 0 Å². The number of piperidine rings is 1. The maximum absolute atomic E-state index is 11.9. The van der Waals surface area contributed by atoms with Crippen LogP contribution in [0, 0.1) is 5.92 Å². The van der Waals surface area contributed by atoms with Crippen molar-refractivity contribution in [3.63, 3.8) is 0 Å². The minimum absolute atomic E-state index is 0.251. The molecule has 24 heavy (non-hydrogen) atoms. The monoisotopic (exact) mass is 325 g/mol. The van der Waals surface area contributed by atoms with Gasteiger partial charge in [-0.1, -0.05) is 13.0 Å². The summed E-state index contributed by atoms with van der Waals surface area (Å²) in [7, 11) is 0. The topological polar surface area (TPSA) is 71.0 Å². The van der Waals surface area contributed by atoms with Gasteiger partial charge in [-0.05, 0) is 37.3 Å². The van der Waals surface area contributed by atoms with E-state index in [2.05, 4.69) is 20.3 Å². The van der Waals surface area contributed by atoms with Crippen LogP contribution in [-0.4, -0.2) is 38.8 Å². The van der Waals surface area contributed by atoms with Crippen molar-refractivity contribution in [3.05, 3.63) is 42.5 Å². The van der Waals surface area contributed by atoms with Crippen LogP contribution in [0.4, 0.5) is 11.6 Å². The number of hydrogen-bond acceptors (Lipinski definition) is 5. The fourth-order valence-electron chi connectivity index (χ4n) is 3.07. The quantitative estimate of drug-likeness (QED) is 0.915. The smallest absolute Gasteiger partial charge is 0.222 e. The molecule has 3 heterocycles. The van der Waals surface area contributed by atoms with Crippen molar-refractivity contribution in [1.29, 1.82) is 0 Å². The predicted octanol–water partition coefficient (Wildman–Crippen LogP) is 2.81. The molecule has 1 amide bonds. The molecule has 0 bridgehead atoms. The third-order valence-corrected chi connectivity index (χ3v) is 4.30. The number of aromatic nitrogens is 3. The van der Waals surface area contributed by atoms with E-state index in [1.165, 1.54) is 0 Å². The molecule has 1 atom stereocenters. The van der Waals surface area contributed by atoms with Gasteiger partial charge in [0.25, 0.3) is 0 Å². The number of pyridine rings is 1. The average Bonchev–Trinajstić information content (AvgIpc) is 2.64. The van der Waals surface area contributed by atoms with Gasteiger partial charge in [-0.3, -0.25) is 9.78 Å². The molecule has 0 saturated carbocycles. The van der Waals surface area contributed by atoms with E-state index in [1.54, 1.807) is 12.4 Å². The predicted molar refractivity (Wildman–Crippen MR) is 92.9 cm³/mol. The van der Waals surface area contributed by atoms with E-state index in [-0.39, 0.29) is 5.91 Å². The van der Waals surface area contributed by atoms with Crippen molar-refractivity contribution >= 4 is 17.5 Å². The maximum Gasteiger partial charge on any atom is 0.222 e. The zero-order valence-corrected chi connectivity index (χ0v) is 14.0. The van der Waals surface area contributed by atoms with Gasteiger partial charge >= 0.3 is 0 Å². The number of amides is 1. The molecule has 0 spiro atoms. The second-order valence-corrected chi connectivity index (χ2v) is 6.14. The number of nitrogens with one attached hydrogen (secondary N) is 1. The number of carbonyl (C=O) groups excluding carboxylic acids is 1. The first-order chi connectivity index (χ1) is 11.7. The van der Waals surface area contributed by atoms with Crippen LogP contribution < -0.4 is 5.32 Å². The molecule has 3 rings (SSSR count). The second kappa shape index (κ2) is 7.86. The second-order valence-electron chi connectivity index (χ2n) is 6.14. The molecule has 0 aliphatic carbocycles. The van der Waals surface area contributed by atoms with E-state index in [4.69, 9.17) is 0 Å². The lowest BCUT2D eigenvalue weighted by Gasteiger charge is -2.32. The molecule has 2 aromatic rings. The van der Waals surface area contributed by atoms with Gasteiger partial charge in [0.1, 0.15) is 11.6 Å². The minimum Gasteiger partial charge on any atom is -0.342 e. The van der Waals surface area contributed by atoms with Crippen LogP contribution in [0.1, 0.15) is 31.9 Å². The Kier molecular flexibility index (Phi) is 5.36. The third-order valence-electron chi connectivity index (χ3n) is 4.30. The van der Waals surface area contributed by atoms with E-state index in [1.807, 2.05) is 36.2 Å². The Labute approximate surface area is 142 Å². The Morgan fingerprint density at radius 1 is 1.25 bits per heavy atom. The fraction of sp³-hybridized carbons (Fsp3) is 0.444. The van der Waals surface area contributed by atoms with Crippen LogP contribution in [-0.2, 0) is 11.2 Å². The lowest BCUT2D eigenvalue weighted by Crippen LogP contribution is -2.40. The largest absolute Gasteiger partial charge is 0.342 e. The van der Waals surface area contributed by atoms with E-state index < -0.39 is 0 Å². The molecule has 6 heteroatoms. The zero-order valence-electron chi connectivity index (χ0n) is 14.0. The Hall–Kier alpha value is -2.50. The van der Waals surface area contributed by atoms with E-state index in [0.717, 1.165) is 43.9 Å². The summed E-state index contributed by atoms with van der Waals surface area (Å²) in [6.45, 7) is 3.65. The van der Waals surface area contributed by atoms with Crippen molar-refractivity contribution in [2.75, 3.05) is 18.4 Å². The molecule has 1 aliphatic rings. The molecule has 6 nitrogen and oxygen atoms in total. The fourth-order valence-corrected chi connectivity index (χ4v) is 3.07. The van der Waals surface area contributed by atoms with Crippen molar-refractivity contribution in [1.82, 2.24) is 19.9 Å². The average molecular weight is 325 g/mol. The Morgan fingerprint density at radius 2 is 2.17 bits per heavy atom. The van der Waals surface area contributed by atoms with Gasteiger partial charge in [0.15, 0.2) is 0 Å². The number of rotatable bonds is 5. The normalized spacial score (nSPS) is 17.5. The molecule has 1 unspecified atom stereocenters. The van der Waals surface area contributed by atoms with Gasteiger partial charge in [0, 0.05) is 25.7 Å². The van der Waals surface area contributed by atoms with Crippen molar-refractivity contribution in [2.24, 2.45) is 5.92 Å². The van der Waals surface area contributed by atoms with Gasteiger partial charge in [-0.25, -0.2) is 9.97 Å². The molecule has 1 fully saturated rings. The van der Waals surface area contributed by atoms with Gasteiger partial charge in [-0.15, -0.1) is 0 Å². The lowest BCUT2D eigenvalue weighted by molar-refractivity contribution is -0.132. The highest BCUT2D eigenvalue weighted by atomic mass is 16.2. The van der Waals surface area contributed by atoms with Crippen LogP contribution in [0.5, 0.6) is 0 Å². The first-order valence-corrected chi connectivity index (χ1v) is 8.51. The first kappa shape index (κ1) is 16.4. The molecule has 2 aromatic heterocycles. The standard InChI is InChI=1S/C18H23N5O/c1-2-18(24)23-9-5-6-14(13-23)10-15-11-21-17(12-20-15)22-16-7-3-4-8-19-16/h3-4,7-8,11-12,14H,2,5-6,9-10,13H2,1H3,(H,19,21,22). The summed E-state index contributed by atoms with van der Waals surface area (Å²) in [6.07, 6.45) is 8.95. The minimum atomic E-state index is 0.251. The Balaban J connectivity index is 1.57. The lowest BCUT2D eigenvalue weighted by atomic mass is 9.93. The number of hydrogen-bond donors (Lipinski definition) is 1.